The van der Waals surface area contributed by atoms with Crippen molar-refractivity contribution in [1.29, 1.82) is 0 Å². The van der Waals surface area contributed by atoms with Gasteiger partial charge in [0, 0.05) is 42.6 Å². The number of hydrogen-bond acceptors (Lipinski definition) is 6. The van der Waals surface area contributed by atoms with Crippen molar-refractivity contribution in [3.63, 3.8) is 0 Å². The first-order chi connectivity index (χ1) is 15.0. The van der Waals surface area contributed by atoms with E-state index in [4.69, 9.17) is 39.6 Å². The normalized spacial score (nSPS) is 9.97. The summed E-state index contributed by atoms with van der Waals surface area (Å²) in [5.74, 6) is -7.30. The van der Waals surface area contributed by atoms with Gasteiger partial charge in [-0.2, -0.15) is 0 Å². The number of imidazole rings is 1. The SMILES string of the molecule is CN(C)CCc1c[nH]c2ccc(Cn3ccnc3)cc12.O=C(O)C(=O)O.O=C(O)C(=O)O. The van der Waals surface area contributed by atoms with E-state index in [1.165, 1.54) is 22.0 Å². The number of rotatable bonds is 5. The van der Waals surface area contributed by atoms with E-state index in [-0.39, 0.29) is 0 Å². The Bertz CT molecular complexity index is 1010. The molecule has 2 heterocycles. The molecule has 0 bridgehead atoms. The van der Waals surface area contributed by atoms with Crippen LogP contribution in [0.4, 0.5) is 0 Å². The van der Waals surface area contributed by atoms with Crippen LogP contribution in [0.15, 0.2) is 43.1 Å². The Morgan fingerprint density at radius 2 is 1.59 bits per heavy atom. The summed E-state index contributed by atoms with van der Waals surface area (Å²) in [5, 5.41) is 30.9. The van der Waals surface area contributed by atoms with Crippen molar-refractivity contribution in [2.45, 2.75) is 13.0 Å². The highest BCUT2D eigenvalue weighted by Crippen LogP contribution is 2.21. The number of nitrogens with zero attached hydrogens (tertiary/aromatic N) is 3. The van der Waals surface area contributed by atoms with Gasteiger partial charge in [-0.05, 0) is 43.8 Å². The quantitative estimate of drug-likeness (QED) is 0.350. The van der Waals surface area contributed by atoms with E-state index < -0.39 is 23.9 Å². The second kappa shape index (κ2) is 12.5. The van der Waals surface area contributed by atoms with Crippen LogP contribution in [-0.2, 0) is 32.1 Å². The Hall–Kier alpha value is -4.19. The molecule has 2 aromatic heterocycles. The van der Waals surface area contributed by atoms with Gasteiger partial charge in [0.2, 0.25) is 0 Å². The highest BCUT2D eigenvalue weighted by atomic mass is 16.4. The molecule has 172 valence electrons. The van der Waals surface area contributed by atoms with Gasteiger partial charge in [0.1, 0.15) is 0 Å². The molecule has 12 nitrogen and oxygen atoms in total. The van der Waals surface area contributed by atoms with E-state index in [0.717, 1.165) is 19.5 Å². The lowest BCUT2D eigenvalue weighted by molar-refractivity contribution is -0.159. The van der Waals surface area contributed by atoms with Crippen LogP contribution < -0.4 is 0 Å². The number of fused-ring (bicyclic) bond motifs is 1. The number of benzene rings is 1. The van der Waals surface area contributed by atoms with Crippen LogP contribution in [0.25, 0.3) is 10.9 Å². The predicted molar refractivity (Wildman–Crippen MR) is 112 cm³/mol. The predicted octanol–water partition coefficient (Wildman–Crippen LogP) is 0.828. The van der Waals surface area contributed by atoms with Crippen molar-refractivity contribution in [3.8, 4) is 0 Å². The Balaban J connectivity index is 0.000000355. The molecule has 0 unspecified atom stereocenters. The molecule has 1 aromatic carbocycles. The highest BCUT2D eigenvalue weighted by Gasteiger charge is 2.06. The Morgan fingerprint density at radius 3 is 2.06 bits per heavy atom. The van der Waals surface area contributed by atoms with Crippen LogP contribution in [0.5, 0.6) is 0 Å². The fraction of sp³-hybridized carbons (Fsp3) is 0.250. The highest BCUT2D eigenvalue weighted by molar-refractivity contribution is 6.27. The molecular formula is C20H24N4O8. The van der Waals surface area contributed by atoms with Crippen LogP contribution in [0.2, 0.25) is 0 Å². The number of aromatic nitrogens is 3. The molecule has 5 N–H and O–H groups in total. The van der Waals surface area contributed by atoms with Gasteiger partial charge < -0.3 is 34.9 Å². The second-order valence-corrected chi connectivity index (χ2v) is 6.70. The molecule has 0 fully saturated rings. The molecule has 3 aromatic rings. The number of carboxylic acid groups (broad SMARTS) is 4. The molecule has 3 rings (SSSR count). The molecule has 32 heavy (non-hydrogen) atoms. The zero-order valence-electron chi connectivity index (χ0n) is 17.4. The second-order valence-electron chi connectivity index (χ2n) is 6.70. The molecule has 0 aliphatic carbocycles. The number of carbonyl (C=O) groups is 4. The van der Waals surface area contributed by atoms with E-state index in [1.54, 1.807) is 0 Å². The standard InChI is InChI=1S/C16H20N4.2C2H2O4/c1-19(2)7-5-14-10-18-16-4-3-13(9-15(14)16)11-20-8-6-17-12-20;2*3-1(4)2(5)6/h3-4,6,8-10,12,18H,5,7,11H2,1-2H3;2*(H,3,4)(H,5,6). The minimum atomic E-state index is -1.82. The van der Waals surface area contributed by atoms with E-state index in [0.29, 0.717) is 0 Å². The molecule has 0 aliphatic heterocycles. The van der Waals surface area contributed by atoms with E-state index in [9.17, 15) is 0 Å². The van der Waals surface area contributed by atoms with Crippen LogP contribution in [0.1, 0.15) is 11.1 Å². The molecule has 0 saturated carbocycles. The van der Waals surface area contributed by atoms with Gasteiger partial charge in [0.05, 0.1) is 6.33 Å². The summed E-state index contributed by atoms with van der Waals surface area (Å²) in [6.07, 6.45) is 8.87. The largest absolute Gasteiger partial charge is 0.473 e. The molecule has 0 saturated heterocycles. The molecule has 0 atom stereocenters. The van der Waals surface area contributed by atoms with Gasteiger partial charge in [-0.25, -0.2) is 24.2 Å². The first-order valence-corrected chi connectivity index (χ1v) is 9.13. The van der Waals surface area contributed by atoms with Crippen LogP contribution >= 0.6 is 0 Å². The molecule has 12 heteroatoms. The van der Waals surface area contributed by atoms with Gasteiger partial charge >= 0.3 is 23.9 Å². The summed E-state index contributed by atoms with van der Waals surface area (Å²) in [7, 11) is 4.22. The van der Waals surface area contributed by atoms with Crippen LogP contribution in [-0.4, -0.2) is 84.4 Å². The van der Waals surface area contributed by atoms with Crippen molar-refractivity contribution in [3.05, 3.63) is 54.2 Å². The smallest absolute Gasteiger partial charge is 0.414 e. The number of aromatic amines is 1. The topological polar surface area (TPSA) is 186 Å². The zero-order valence-corrected chi connectivity index (χ0v) is 17.4. The van der Waals surface area contributed by atoms with E-state index in [2.05, 4.69) is 57.9 Å². The Morgan fingerprint density at radius 1 is 1.00 bits per heavy atom. The fourth-order valence-corrected chi connectivity index (χ4v) is 2.47. The summed E-state index contributed by atoms with van der Waals surface area (Å²) in [5.41, 5.74) is 3.91. The number of hydrogen-bond donors (Lipinski definition) is 5. The number of likely N-dealkylation sites (N-methyl/N-ethyl adjacent to an activating group) is 1. The maximum Gasteiger partial charge on any atom is 0.414 e. The first-order valence-electron chi connectivity index (χ1n) is 9.13. The van der Waals surface area contributed by atoms with Crippen molar-refractivity contribution >= 4 is 34.8 Å². The van der Waals surface area contributed by atoms with E-state index in [1.807, 2.05) is 18.7 Å². The van der Waals surface area contributed by atoms with Crippen LogP contribution in [0, 0.1) is 0 Å². The van der Waals surface area contributed by atoms with Gasteiger partial charge in [0.25, 0.3) is 0 Å². The van der Waals surface area contributed by atoms with Gasteiger partial charge in [0.15, 0.2) is 0 Å². The maximum absolute atomic E-state index is 9.10. The van der Waals surface area contributed by atoms with Crippen molar-refractivity contribution in [2.75, 3.05) is 20.6 Å². The monoisotopic (exact) mass is 448 g/mol. The van der Waals surface area contributed by atoms with Crippen molar-refractivity contribution < 1.29 is 39.6 Å². The number of H-pyrrole nitrogens is 1. The maximum atomic E-state index is 9.10. The average molecular weight is 448 g/mol. The zero-order chi connectivity index (χ0) is 24.3. The third-order valence-corrected chi connectivity index (χ3v) is 3.95. The molecule has 0 radical (unpaired) electrons. The average Bonchev–Trinajstić information content (AvgIpc) is 3.36. The van der Waals surface area contributed by atoms with Gasteiger partial charge in [-0.15, -0.1) is 0 Å². The lowest BCUT2D eigenvalue weighted by Crippen LogP contribution is -2.14. The van der Waals surface area contributed by atoms with E-state index >= 15 is 0 Å². The summed E-state index contributed by atoms with van der Waals surface area (Å²) < 4.78 is 2.09. The molecule has 0 aliphatic rings. The summed E-state index contributed by atoms with van der Waals surface area (Å²) >= 11 is 0. The minimum absolute atomic E-state index is 0.869. The lowest BCUT2D eigenvalue weighted by atomic mass is 10.1. The van der Waals surface area contributed by atoms with Crippen molar-refractivity contribution in [2.24, 2.45) is 0 Å². The van der Waals surface area contributed by atoms with Crippen molar-refractivity contribution in [1.82, 2.24) is 19.4 Å². The molecule has 0 spiro atoms. The van der Waals surface area contributed by atoms with Gasteiger partial charge in [-0.3, -0.25) is 0 Å². The third-order valence-electron chi connectivity index (χ3n) is 3.95. The third kappa shape index (κ3) is 9.09. The Kier molecular flexibility index (Phi) is 10.1. The Labute approximate surface area is 182 Å². The number of nitrogens with one attached hydrogen (secondary N) is 1. The number of carboxylic acids is 4. The fourth-order valence-electron chi connectivity index (χ4n) is 2.47. The first kappa shape index (κ1) is 25.8. The minimum Gasteiger partial charge on any atom is -0.473 e. The van der Waals surface area contributed by atoms with Gasteiger partial charge in [-0.1, -0.05) is 6.07 Å². The molecule has 0 amide bonds. The summed E-state index contributed by atoms with van der Waals surface area (Å²) in [6.45, 7) is 1.94. The lowest BCUT2D eigenvalue weighted by Gasteiger charge is -2.08. The summed E-state index contributed by atoms with van der Waals surface area (Å²) in [6, 6.07) is 6.63. The van der Waals surface area contributed by atoms with Crippen LogP contribution in [0.3, 0.4) is 0 Å². The summed E-state index contributed by atoms with van der Waals surface area (Å²) in [4.78, 5) is 46.1. The number of aliphatic carboxylic acids is 4. The molecular weight excluding hydrogens is 424 g/mol.